The first-order valence-corrected chi connectivity index (χ1v) is 14.5. The third kappa shape index (κ3) is 3.76. The SMILES string of the molecule is CCC(C)c1ccc2c(c1)C(C)(C)c1cc(N(c3ccccc3)c3ccc4ccccc4c3)c3ccccc3c1-2. The Kier molecular flexibility index (Phi) is 5.78. The van der Waals surface area contributed by atoms with Crippen LogP contribution in [0.1, 0.15) is 56.7 Å². The minimum atomic E-state index is -0.0985. The standard InChI is InChI=1S/C39H35N/c1-5-26(2)28-20-22-34-35(24-28)39(3,4)36-25-37(32-17-11-12-18-33(32)38(34)36)40(30-15-7-6-8-16-30)31-21-19-27-13-9-10-14-29(27)23-31/h6-26H,5H2,1-4H3. The molecule has 6 aromatic rings. The van der Waals surface area contributed by atoms with E-state index in [1.54, 1.807) is 0 Å². The molecule has 0 radical (unpaired) electrons. The van der Waals surface area contributed by atoms with Crippen LogP contribution in [0.5, 0.6) is 0 Å². The fourth-order valence-corrected chi connectivity index (χ4v) is 6.63. The predicted octanol–water partition coefficient (Wildman–Crippen LogP) is 11.3. The normalized spacial score (nSPS) is 14.2. The number of benzene rings is 6. The maximum atomic E-state index is 2.48. The van der Waals surface area contributed by atoms with E-state index in [0.717, 1.165) is 12.1 Å². The van der Waals surface area contributed by atoms with Crippen molar-refractivity contribution in [3.63, 3.8) is 0 Å². The van der Waals surface area contributed by atoms with Crippen LogP contribution in [0, 0.1) is 0 Å². The molecule has 0 fully saturated rings. The van der Waals surface area contributed by atoms with Crippen molar-refractivity contribution < 1.29 is 0 Å². The van der Waals surface area contributed by atoms with Gasteiger partial charge in [0.1, 0.15) is 0 Å². The summed E-state index contributed by atoms with van der Waals surface area (Å²) in [7, 11) is 0. The smallest absolute Gasteiger partial charge is 0.0543 e. The number of fused-ring (bicyclic) bond motifs is 6. The van der Waals surface area contributed by atoms with Crippen molar-refractivity contribution >= 4 is 38.6 Å². The Balaban J connectivity index is 1.52. The molecule has 0 N–H and O–H groups in total. The Morgan fingerprint density at radius 2 is 1.32 bits per heavy atom. The average molecular weight is 518 g/mol. The van der Waals surface area contributed by atoms with Gasteiger partial charge in [0.25, 0.3) is 0 Å². The summed E-state index contributed by atoms with van der Waals surface area (Å²) in [6.45, 7) is 9.42. The van der Waals surface area contributed by atoms with Crippen LogP contribution in [0.4, 0.5) is 17.1 Å². The predicted molar refractivity (Wildman–Crippen MR) is 172 cm³/mol. The van der Waals surface area contributed by atoms with E-state index in [2.05, 4.69) is 154 Å². The molecule has 1 nitrogen and oxygen atoms in total. The lowest BCUT2D eigenvalue weighted by molar-refractivity contribution is 0.655. The molecule has 196 valence electrons. The van der Waals surface area contributed by atoms with Crippen LogP contribution in [0.3, 0.4) is 0 Å². The van der Waals surface area contributed by atoms with Gasteiger partial charge in [0.15, 0.2) is 0 Å². The van der Waals surface area contributed by atoms with E-state index >= 15 is 0 Å². The van der Waals surface area contributed by atoms with Crippen molar-refractivity contribution in [2.24, 2.45) is 0 Å². The summed E-state index contributed by atoms with van der Waals surface area (Å²) in [6, 6.07) is 44.9. The zero-order chi connectivity index (χ0) is 27.4. The molecule has 0 bridgehead atoms. The molecule has 6 aromatic carbocycles. The van der Waals surface area contributed by atoms with E-state index in [1.165, 1.54) is 60.7 Å². The van der Waals surface area contributed by atoms with E-state index in [9.17, 15) is 0 Å². The van der Waals surface area contributed by atoms with Crippen LogP contribution in [-0.4, -0.2) is 0 Å². The number of hydrogen-bond acceptors (Lipinski definition) is 1. The highest BCUT2D eigenvalue weighted by Gasteiger charge is 2.38. The third-order valence-corrected chi connectivity index (χ3v) is 9.11. The minimum absolute atomic E-state index is 0.0985. The second-order valence-electron chi connectivity index (χ2n) is 11.8. The van der Waals surface area contributed by atoms with E-state index in [4.69, 9.17) is 0 Å². The molecule has 0 saturated heterocycles. The Morgan fingerprint density at radius 1 is 0.625 bits per heavy atom. The van der Waals surface area contributed by atoms with E-state index in [1.807, 2.05) is 0 Å². The first-order chi connectivity index (χ1) is 19.5. The van der Waals surface area contributed by atoms with Crippen LogP contribution in [0.15, 0.2) is 121 Å². The number of para-hydroxylation sites is 1. The van der Waals surface area contributed by atoms with E-state index < -0.39 is 0 Å². The van der Waals surface area contributed by atoms with Gasteiger partial charge >= 0.3 is 0 Å². The first kappa shape index (κ1) is 24.7. The quantitative estimate of drug-likeness (QED) is 0.220. The van der Waals surface area contributed by atoms with Crippen molar-refractivity contribution in [2.75, 3.05) is 4.90 Å². The lowest BCUT2D eigenvalue weighted by Gasteiger charge is -2.30. The molecule has 1 aliphatic carbocycles. The Hall–Kier alpha value is -4.36. The molecule has 1 unspecified atom stereocenters. The zero-order valence-electron chi connectivity index (χ0n) is 23.8. The summed E-state index contributed by atoms with van der Waals surface area (Å²) >= 11 is 0. The van der Waals surface area contributed by atoms with Crippen LogP contribution in [-0.2, 0) is 5.41 Å². The molecule has 40 heavy (non-hydrogen) atoms. The van der Waals surface area contributed by atoms with Gasteiger partial charge in [-0.3, -0.25) is 0 Å². The van der Waals surface area contributed by atoms with Crippen LogP contribution < -0.4 is 4.90 Å². The summed E-state index contributed by atoms with van der Waals surface area (Å²) in [5.41, 5.74) is 10.5. The third-order valence-electron chi connectivity index (χ3n) is 9.11. The van der Waals surface area contributed by atoms with E-state index in [0.29, 0.717) is 5.92 Å². The maximum Gasteiger partial charge on any atom is 0.0543 e. The summed E-state index contributed by atoms with van der Waals surface area (Å²) < 4.78 is 0. The van der Waals surface area contributed by atoms with Gasteiger partial charge in [-0.05, 0) is 86.6 Å². The number of rotatable bonds is 5. The zero-order valence-corrected chi connectivity index (χ0v) is 23.8. The van der Waals surface area contributed by atoms with Gasteiger partial charge in [-0.15, -0.1) is 0 Å². The molecular weight excluding hydrogens is 482 g/mol. The van der Waals surface area contributed by atoms with Gasteiger partial charge in [-0.25, -0.2) is 0 Å². The van der Waals surface area contributed by atoms with Crippen molar-refractivity contribution in [1.29, 1.82) is 0 Å². The Bertz CT molecular complexity index is 1880. The molecule has 1 heteroatoms. The highest BCUT2D eigenvalue weighted by atomic mass is 15.1. The summed E-state index contributed by atoms with van der Waals surface area (Å²) in [5.74, 6) is 0.554. The molecule has 1 aliphatic rings. The topological polar surface area (TPSA) is 3.24 Å². The molecule has 0 amide bonds. The first-order valence-electron chi connectivity index (χ1n) is 14.5. The van der Waals surface area contributed by atoms with Crippen molar-refractivity contribution in [1.82, 2.24) is 0 Å². The van der Waals surface area contributed by atoms with Gasteiger partial charge in [0, 0.05) is 22.2 Å². The van der Waals surface area contributed by atoms with Crippen molar-refractivity contribution in [2.45, 2.75) is 45.4 Å². The van der Waals surface area contributed by atoms with Crippen LogP contribution in [0.25, 0.3) is 32.7 Å². The summed E-state index contributed by atoms with van der Waals surface area (Å²) in [4.78, 5) is 2.44. The lowest BCUT2D eigenvalue weighted by Crippen LogP contribution is -2.17. The monoisotopic (exact) mass is 517 g/mol. The molecule has 7 rings (SSSR count). The second kappa shape index (κ2) is 9.38. The fraction of sp³-hybridized carbons (Fsp3) is 0.179. The van der Waals surface area contributed by atoms with Gasteiger partial charge < -0.3 is 4.90 Å². The van der Waals surface area contributed by atoms with Crippen molar-refractivity contribution in [3.05, 3.63) is 138 Å². The largest absolute Gasteiger partial charge is 0.310 e. The summed E-state index contributed by atoms with van der Waals surface area (Å²) in [6.07, 6.45) is 1.15. The summed E-state index contributed by atoms with van der Waals surface area (Å²) in [5, 5.41) is 5.09. The fourth-order valence-electron chi connectivity index (χ4n) is 6.63. The highest BCUT2D eigenvalue weighted by molar-refractivity contribution is 6.10. The average Bonchev–Trinajstić information content (AvgIpc) is 3.23. The lowest BCUT2D eigenvalue weighted by atomic mass is 9.80. The van der Waals surface area contributed by atoms with Crippen LogP contribution >= 0.6 is 0 Å². The maximum absolute atomic E-state index is 2.48. The molecule has 0 aromatic heterocycles. The minimum Gasteiger partial charge on any atom is -0.310 e. The number of hydrogen-bond donors (Lipinski definition) is 0. The molecule has 1 atom stereocenters. The molecule has 0 heterocycles. The van der Waals surface area contributed by atoms with Crippen molar-refractivity contribution in [3.8, 4) is 11.1 Å². The van der Waals surface area contributed by atoms with E-state index in [-0.39, 0.29) is 5.41 Å². The Labute approximate surface area is 237 Å². The highest BCUT2D eigenvalue weighted by Crippen LogP contribution is 2.55. The molecule has 0 saturated carbocycles. The number of nitrogens with zero attached hydrogens (tertiary/aromatic N) is 1. The van der Waals surface area contributed by atoms with Gasteiger partial charge in [-0.2, -0.15) is 0 Å². The molecular formula is C39H35N. The Morgan fingerprint density at radius 3 is 2.10 bits per heavy atom. The van der Waals surface area contributed by atoms with Crippen LogP contribution in [0.2, 0.25) is 0 Å². The van der Waals surface area contributed by atoms with Gasteiger partial charge in [0.05, 0.1) is 5.69 Å². The molecule has 0 aliphatic heterocycles. The van der Waals surface area contributed by atoms with Gasteiger partial charge in [0.2, 0.25) is 0 Å². The number of anilines is 3. The van der Waals surface area contributed by atoms with Gasteiger partial charge in [-0.1, -0.05) is 119 Å². The second-order valence-corrected chi connectivity index (χ2v) is 11.8. The molecule has 0 spiro atoms.